The van der Waals surface area contributed by atoms with Gasteiger partial charge in [0.15, 0.2) is 5.69 Å². The van der Waals surface area contributed by atoms with Crippen LogP contribution in [0.4, 0.5) is 26.3 Å². The van der Waals surface area contributed by atoms with Crippen molar-refractivity contribution in [2.24, 2.45) is 0 Å². The lowest BCUT2D eigenvalue weighted by molar-refractivity contribution is -0.274. The van der Waals surface area contributed by atoms with E-state index in [1.165, 1.54) is 4.72 Å². The summed E-state index contributed by atoms with van der Waals surface area (Å²) in [7, 11) is -4.95. The van der Waals surface area contributed by atoms with Gasteiger partial charge in [-0.15, -0.1) is 18.3 Å². The van der Waals surface area contributed by atoms with E-state index in [1.54, 1.807) is 0 Å². The Hall–Kier alpha value is -3.33. The molecule has 0 fully saturated rings. The van der Waals surface area contributed by atoms with Crippen LogP contribution in [-0.2, 0) is 16.2 Å². The molecular formula is C17H9ClF6N4O4S. The monoisotopic (exact) mass is 514 g/mol. The summed E-state index contributed by atoms with van der Waals surface area (Å²) in [5.41, 5.74) is -2.17. The van der Waals surface area contributed by atoms with E-state index in [9.17, 15) is 39.6 Å². The topological polar surface area (TPSA) is 103 Å². The fraction of sp³-hybridized carbons (Fsp3) is 0.118. The Bertz CT molecular complexity index is 1310. The third-order valence-corrected chi connectivity index (χ3v) is 5.53. The minimum absolute atomic E-state index is 0.0528. The molecule has 16 heteroatoms. The number of sulfonamides is 1. The zero-order valence-electron chi connectivity index (χ0n) is 15.6. The summed E-state index contributed by atoms with van der Waals surface area (Å²) in [6.45, 7) is 0. The maximum Gasteiger partial charge on any atom is 0.573 e. The summed E-state index contributed by atoms with van der Waals surface area (Å²) in [6.07, 6.45) is -9.10. The van der Waals surface area contributed by atoms with Crippen molar-refractivity contribution in [3.05, 3.63) is 64.9 Å². The number of carbonyl (C=O) groups excluding carboxylic acids is 1. The normalized spacial score (nSPS) is 12.5. The Morgan fingerprint density at radius 1 is 1.06 bits per heavy atom. The van der Waals surface area contributed by atoms with E-state index in [0.29, 0.717) is 12.1 Å². The van der Waals surface area contributed by atoms with Crippen LogP contribution in [0.15, 0.2) is 53.6 Å². The molecule has 0 aliphatic carbocycles. The van der Waals surface area contributed by atoms with Crippen LogP contribution in [0.1, 0.15) is 16.1 Å². The number of hydrogen-bond donors (Lipinski definition) is 1. The van der Waals surface area contributed by atoms with Crippen LogP contribution in [0.3, 0.4) is 0 Å². The Morgan fingerprint density at radius 3 is 2.33 bits per heavy atom. The maximum atomic E-state index is 13.1. The molecule has 33 heavy (non-hydrogen) atoms. The summed E-state index contributed by atoms with van der Waals surface area (Å²) >= 11 is 5.89. The van der Waals surface area contributed by atoms with E-state index < -0.39 is 50.4 Å². The average molecular weight is 515 g/mol. The van der Waals surface area contributed by atoms with Crippen LogP contribution in [0, 0.1) is 0 Å². The van der Waals surface area contributed by atoms with Crippen LogP contribution >= 0.6 is 11.6 Å². The van der Waals surface area contributed by atoms with Gasteiger partial charge in [0.05, 0.1) is 27.4 Å². The molecule has 2 aromatic carbocycles. The van der Waals surface area contributed by atoms with E-state index in [4.69, 9.17) is 11.6 Å². The van der Waals surface area contributed by atoms with Crippen LogP contribution < -0.4 is 9.46 Å². The fourth-order valence-electron chi connectivity index (χ4n) is 2.52. The number of carbonyl (C=O) groups is 1. The van der Waals surface area contributed by atoms with Gasteiger partial charge in [-0.25, -0.2) is 17.8 Å². The standard InChI is InChI=1S/C17H9ClF6N4O4S/c18-11-7-9(32-17(22,23)24)5-6-13(11)28-8-12(25-27-28)15(29)26-33(30,31)14-4-2-1-3-10(14)16(19,20)21/h1-8H,(H,26,29). The third-order valence-electron chi connectivity index (χ3n) is 3.83. The molecule has 0 bridgehead atoms. The molecule has 0 atom stereocenters. The van der Waals surface area contributed by atoms with Gasteiger partial charge in [0.2, 0.25) is 0 Å². The number of alkyl halides is 6. The van der Waals surface area contributed by atoms with Gasteiger partial charge in [0.25, 0.3) is 15.9 Å². The molecule has 1 heterocycles. The second-order valence-corrected chi connectivity index (χ2v) is 8.20. The number of hydrogen-bond acceptors (Lipinski definition) is 6. The first-order chi connectivity index (χ1) is 15.2. The number of halogens is 7. The first-order valence-corrected chi connectivity index (χ1v) is 10.2. The summed E-state index contributed by atoms with van der Waals surface area (Å²) in [6, 6.07) is 5.97. The van der Waals surface area contributed by atoms with Crippen molar-refractivity contribution in [3.63, 3.8) is 0 Å². The Labute approximate surface area is 185 Å². The van der Waals surface area contributed by atoms with E-state index in [-0.39, 0.29) is 10.7 Å². The molecule has 8 nitrogen and oxygen atoms in total. The van der Waals surface area contributed by atoms with Crippen molar-refractivity contribution in [2.75, 3.05) is 0 Å². The lowest BCUT2D eigenvalue weighted by Crippen LogP contribution is -2.32. The molecule has 3 aromatic rings. The highest BCUT2D eigenvalue weighted by Crippen LogP contribution is 2.34. The molecule has 0 spiro atoms. The molecule has 1 N–H and O–H groups in total. The van der Waals surface area contributed by atoms with Gasteiger partial charge in [0.1, 0.15) is 5.75 Å². The van der Waals surface area contributed by atoms with E-state index in [2.05, 4.69) is 15.0 Å². The van der Waals surface area contributed by atoms with E-state index in [1.807, 2.05) is 0 Å². The van der Waals surface area contributed by atoms with E-state index >= 15 is 0 Å². The van der Waals surface area contributed by atoms with Gasteiger partial charge in [-0.2, -0.15) is 13.2 Å². The first-order valence-electron chi connectivity index (χ1n) is 8.39. The van der Waals surface area contributed by atoms with Crippen LogP contribution in [0.25, 0.3) is 5.69 Å². The zero-order valence-corrected chi connectivity index (χ0v) is 17.2. The molecule has 0 saturated heterocycles. The van der Waals surface area contributed by atoms with Crippen molar-refractivity contribution in [2.45, 2.75) is 17.4 Å². The number of rotatable bonds is 5. The SMILES string of the molecule is O=C(NS(=O)(=O)c1ccccc1C(F)(F)F)c1cn(-c2ccc(OC(F)(F)F)cc2Cl)nn1. The van der Waals surface area contributed by atoms with Crippen LogP contribution in [0.2, 0.25) is 5.02 Å². The molecule has 0 aliphatic heterocycles. The van der Waals surface area contributed by atoms with Crippen LogP contribution in [0.5, 0.6) is 5.75 Å². The first kappa shape index (κ1) is 24.3. The van der Waals surface area contributed by atoms with Crippen molar-refractivity contribution < 1.29 is 44.3 Å². The van der Waals surface area contributed by atoms with Gasteiger partial charge >= 0.3 is 12.5 Å². The van der Waals surface area contributed by atoms with E-state index in [0.717, 1.165) is 41.2 Å². The van der Waals surface area contributed by atoms with Gasteiger partial charge in [-0.05, 0) is 24.3 Å². The molecule has 0 saturated carbocycles. The highest BCUT2D eigenvalue weighted by atomic mass is 35.5. The number of nitrogens with zero attached hydrogens (tertiary/aromatic N) is 3. The lowest BCUT2D eigenvalue weighted by Gasteiger charge is -2.13. The Morgan fingerprint density at radius 2 is 1.73 bits per heavy atom. The minimum Gasteiger partial charge on any atom is -0.406 e. The number of benzene rings is 2. The van der Waals surface area contributed by atoms with Crippen molar-refractivity contribution in [1.82, 2.24) is 19.7 Å². The van der Waals surface area contributed by atoms with Gasteiger partial charge in [0, 0.05) is 6.07 Å². The quantitative estimate of drug-likeness (QED) is 0.517. The fourth-order valence-corrected chi connectivity index (χ4v) is 3.97. The average Bonchev–Trinajstić information content (AvgIpc) is 3.16. The molecule has 1 aromatic heterocycles. The van der Waals surface area contributed by atoms with Crippen molar-refractivity contribution in [3.8, 4) is 11.4 Å². The molecule has 176 valence electrons. The highest BCUT2D eigenvalue weighted by molar-refractivity contribution is 7.90. The summed E-state index contributed by atoms with van der Waals surface area (Å²) < 4.78 is 107. The Kier molecular flexibility index (Phi) is 6.30. The molecule has 0 aliphatic rings. The summed E-state index contributed by atoms with van der Waals surface area (Å²) in [5.74, 6) is -2.05. The van der Waals surface area contributed by atoms with Gasteiger partial charge < -0.3 is 4.74 Å². The lowest BCUT2D eigenvalue weighted by atomic mass is 10.2. The number of nitrogens with one attached hydrogen (secondary N) is 1. The maximum absolute atomic E-state index is 13.1. The molecule has 0 radical (unpaired) electrons. The number of amides is 1. The van der Waals surface area contributed by atoms with Gasteiger partial charge in [-0.3, -0.25) is 4.79 Å². The zero-order chi connectivity index (χ0) is 24.6. The predicted octanol–water partition coefficient (Wildman–Crippen LogP) is 3.96. The summed E-state index contributed by atoms with van der Waals surface area (Å²) in [4.78, 5) is 11.1. The summed E-state index contributed by atoms with van der Waals surface area (Å²) in [5, 5.41) is 6.63. The van der Waals surface area contributed by atoms with Crippen molar-refractivity contribution >= 4 is 27.5 Å². The molecule has 0 unspecified atom stereocenters. The largest absolute Gasteiger partial charge is 0.573 e. The smallest absolute Gasteiger partial charge is 0.406 e. The molecule has 1 amide bonds. The third kappa shape index (κ3) is 5.73. The number of aromatic nitrogens is 3. The Balaban J connectivity index is 1.84. The van der Waals surface area contributed by atoms with Gasteiger partial charge in [-0.1, -0.05) is 28.9 Å². The number of ether oxygens (including phenoxy) is 1. The van der Waals surface area contributed by atoms with Crippen molar-refractivity contribution in [1.29, 1.82) is 0 Å². The van der Waals surface area contributed by atoms with Crippen LogP contribution in [-0.4, -0.2) is 35.7 Å². The highest BCUT2D eigenvalue weighted by Gasteiger charge is 2.37. The molecule has 3 rings (SSSR count). The second kappa shape index (κ2) is 8.55. The minimum atomic E-state index is -5.00. The molecular weight excluding hydrogens is 506 g/mol. The predicted molar refractivity (Wildman–Crippen MR) is 99.1 cm³/mol. The second-order valence-electron chi connectivity index (χ2n) is 6.14.